The minimum absolute atomic E-state index is 0.0581. The number of anilines is 1. The number of rotatable bonds is 1. The average Bonchev–Trinajstić information content (AvgIpc) is 2.78. The molecule has 7 heteroatoms. The van der Waals surface area contributed by atoms with Gasteiger partial charge in [0.1, 0.15) is 11.4 Å². The van der Waals surface area contributed by atoms with Gasteiger partial charge in [0.05, 0.1) is 0 Å². The summed E-state index contributed by atoms with van der Waals surface area (Å²) in [6.45, 7) is 9.38. The molecule has 0 unspecified atom stereocenters. The number of carbonyl (C=O) groups is 1. The molecule has 2 fully saturated rings. The molecule has 7 nitrogen and oxygen atoms in total. The van der Waals surface area contributed by atoms with Crippen LogP contribution < -0.4 is 5.32 Å². The maximum absolute atomic E-state index is 12.4. The van der Waals surface area contributed by atoms with Crippen LogP contribution in [0.1, 0.15) is 11.5 Å². The van der Waals surface area contributed by atoms with Crippen LogP contribution in [0.5, 0.6) is 0 Å². The number of nitrogens with zero attached hydrogens (tertiary/aromatic N) is 4. The lowest BCUT2D eigenvalue weighted by Crippen LogP contribution is -2.62. The minimum atomic E-state index is -0.0581. The van der Waals surface area contributed by atoms with Crippen molar-refractivity contribution in [2.75, 3.05) is 51.6 Å². The van der Waals surface area contributed by atoms with E-state index in [4.69, 9.17) is 4.52 Å². The summed E-state index contributed by atoms with van der Waals surface area (Å²) in [7, 11) is 2.14. The van der Waals surface area contributed by atoms with Crippen molar-refractivity contribution in [1.29, 1.82) is 0 Å². The first kappa shape index (κ1) is 14.3. The van der Waals surface area contributed by atoms with E-state index >= 15 is 0 Å². The Hall–Kier alpha value is -1.60. The number of aromatic nitrogens is 1. The van der Waals surface area contributed by atoms with Gasteiger partial charge in [-0.25, -0.2) is 4.79 Å². The van der Waals surface area contributed by atoms with E-state index in [-0.39, 0.29) is 6.03 Å². The SMILES string of the molecule is Cc1noc(C)c1NC(=O)N1CCN2CCN(C)C[C@@H]2C1. The molecule has 3 heterocycles. The van der Waals surface area contributed by atoms with Gasteiger partial charge in [0.25, 0.3) is 0 Å². The molecule has 21 heavy (non-hydrogen) atoms. The summed E-state index contributed by atoms with van der Waals surface area (Å²) < 4.78 is 5.09. The van der Waals surface area contributed by atoms with Gasteiger partial charge < -0.3 is 19.6 Å². The molecule has 1 aromatic rings. The minimum Gasteiger partial charge on any atom is -0.359 e. The van der Waals surface area contributed by atoms with Crippen LogP contribution in [-0.4, -0.2) is 78.2 Å². The number of hydrogen-bond acceptors (Lipinski definition) is 5. The third-order valence-electron chi connectivity index (χ3n) is 4.45. The van der Waals surface area contributed by atoms with Crippen molar-refractivity contribution in [3.05, 3.63) is 11.5 Å². The normalized spacial score (nSPS) is 24.0. The van der Waals surface area contributed by atoms with E-state index in [1.54, 1.807) is 0 Å². The second kappa shape index (κ2) is 5.65. The lowest BCUT2D eigenvalue weighted by atomic mass is 10.1. The molecule has 2 aliphatic heterocycles. The second-order valence-electron chi connectivity index (χ2n) is 6.03. The van der Waals surface area contributed by atoms with E-state index in [9.17, 15) is 4.79 Å². The van der Waals surface area contributed by atoms with Crippen molar-refractivity contribution < 1.29 is 9.32 Å². The number of aryl methyl sites for hydroxylation is 2. The van der Waals surface area contributed by atoms with Crippen molar-refractivity contribution in [1.82, 2.24) is 19.9 Å². The summed E-state index contributed by atoms with van der Waals surface area (Å²) >= 11 is 0. The number of piperazine rings is 2. The Morgan fingerprint density at radius 1 is 1.24 bits per heavy atom. The van der Waals surface area contributed by atoms with Crippen LogP contribution in [0.2, 0.25) is 0 Å². The standard InChI is InChI=1S/C14H23N5O2/c1-10-13(11(2)21-16-10)15-14(20)19-7-6-18-5-4-17(3)8-12(18)9-19/h12H,4-9H2,1-3H3,(H,15,20)/t12-/m1/s1. The van der Waals surface area contributed by atoms with E-state index in [1.807, 2.05) is 18.7 Å². The third-order valence-corrected chi connectivity index (χ3v) is 4.45. The van der Waals surface area contributed by atoms with Crippen LogP contribution >= 0.6 is 0 Å². The zero-order valence-corrected chi connectivity index (χ0v) is 12.9. The van der Waals surface area contributed by atoms with Crippen molar-refractivity contribution in [3.8, 4) is 0 Å². The molecule has 1 N–H and O–H groups in total. The monoisotopic (exact) mass is 293 g/mol. The molecule has 2 amide bonds. The van der Waals surface area contributed by atoms with Crippen LogP contribution in [0.4, 0.5) is 10.5 Å². The summed E-state index contributed by atoms with van der Waals surface area (Å²) in [4.78, 5) is 19.2. The smallest absolute Gasteiger partial charge is 0.322 e. The van der Waals surface area contributed by atoms with E-state index < -0.39 is 0 Å². The molecule has 1 aromatic heterocycles. The fourth-order valence-corrected chi connectivity index (χ4v) is 3.14. The van der Waals surface area contributed by atoms with Crippen LogP contribution in [0.25, 0.3) is 0 Å². The lowest BCUT2D eigenvalue weighted by Gasteiger charge is -2.46. The molecule has 0 aromatic carbocycles. The quantitative estimate of drug-likeness (QED) is 0.828. The summed E-state index contributed by atoms with van der Waals surface area (Å²) in [5, 5.41) is 6.80. The Morgan fingerprint density at radius 3 is 2.71 bits per heavy atom. The number of urea groups is 1. The highest BCUT2D eigenvalue weighted by molar-refractivity contribution is 5.90. The summed E-state index contributed by atoms with van der Waals surface area (Å²) in [6.07, 6.45) is 0. The zero-order valence-electron chi connectivity index (χ0n) is 12.9. The van der Waals surface area contributed by atoms with Crippen molar-refractivity contribution >= 4 is 11.7 Å². The van der Waals surface area contributed by atoms with E-state index in [1.165, 1.54) is 0 Å². The third kappa shape index (κ3) is 2.89. The van der Waals surface area contributed by atoms with Gasteiger partial charge in [-0.15, -0.1) is 0 Å². The molecule has 0 spiro atoms. The number of fused-ring (bicyclic) bond motifs is 1. The molecule has 1 atom stereocenters. The van der Waals surface area contributed by atoms with Crippen molar-refractivity contribution in [3.63, 3.8) is 0 Å². The predicted molar refractivity (Wildman–Crippen MR) is 79.4 cm³/mol. The number of nitrogens with one attached hydrogen (secondary N) is 1. The van der Waals surface area contributed by atoms with E-state index in [2.05, 4.69) is 27.3 Å². The number of carbonyl (C=O) groups excluding carboxylic acids is 1. The first-order chi connectivity index (χ1) is 10.0. The Kier molecular flexibility index (Phi) is 3.86. The molecular formula is C14H23N5O2. The Labute approximate surface area is 124 Å². The Balaban J connectivity index is 1.63. The van der Waals surface area contributed by atoms with Gasteiger partial charge in [0.15, 0.2) is 5.76 Å². The van der Waals surface area contributed by atoms with E-state index in [0.29, 0.717) is 17.5 Å². The predicted octanol–water partition coefficient (Wildman–Crippen LogP) is 0.755. The Morgan fingerprint density at radius 2 is 2.00 bits per heavy atom. The van der Waals surface area contributed by atoms with Crippen LogP contribution in [0.3, 0.4) is 0 Å². The molecule has 3 rings (SSSR count). The van der Waals surface area contributed by atoms with Crippen LogP contribution in [0, 0.1) is 13.8 Å². The fraction of sp³-hybridized carbons (Fsp3) is 0.714. The maximum Gasteiger partial charge on any atom is 0.322 e. The number of hydrogen-bond donors (Lipinski definition) is 1. The summed E-state index contributed by atoms with van der Waals surface area (Å²) in [5.74, 6) is 0.650. The molecule has 0 bridgehead atoms. The van der Waals surface area contributed by atoms with Gasteiger partial charge in [-0.1, -0.05) is 5.16 Å². The highest BCUT2D eigenvalue weighted by atomic mass is 16.5. The van der Waals surface area contributed by atoms with Gasteiger partial charge in [-0.05, 0) is 20.9 Å². The highest BCUT2D eigenvalue weighted by Crippen LogP contribution is 2.20. The molecule has 116 valence electrons. The molecule has 0 aliphatic carbocycles. The number of amides is 2. The maximum atomic E-state index is 12.4. The van der Waals surface area contributed by atoms with Gasteiger partial charge >= 0.3 is 6.03 Å². The van der Waals surface area contributed by atoms with E-state index in [0.717, 1.165) is 45.0 Å². The lowest BCUT2D eigenvalue weighted by molar-refractivity contribution is 0.0353. The van der Waals surface area contributed by atoms with Gasteiger partial charge in [0, 0.05) is 45.3 Å². The first-order valence-electron chi connectivity index (χ1n) is 7.46. The largest absolute Gasteiger partial charge is 0.359 e. The topological polar surface area (TPSA) is 64.9 Å². The van der Waals surface area contributed by atoms with Crippen LogP contribution in [0.15, 0.2) is 4.52 Å². The average molecular weight is 293 g/mol. The summed E-state index contributed by atoms with van der Waals surface area (Å²) in [5.41, 5.74) is 1.42. The number of likely N-dealkylation sites (N-methyl/N-ethyl adjacent to an activating group) is 1. The van der Waals surface area contributed by atoms with Gasteiger partial charge in [-0.3, -0.25) is 4.90 Å². The van der Waals surface area contributed by atoms with Gasteiger partial charge in [0.2, 0.25) is 0 Å². The highest BCUT2D eigenvalue weighted by Gasteiger charge is 2.33. The second-order valence-corrected chi connectivity index (χ2v) is 6.03. The molecular weight excluding hydrogens is 270 g/mol. The summed E-state index contributed by atoms with van der Waals surface area (Å²) in [6, 6.07) is 0.380. The molecule has 0 radical (unpaired) electrons. The molecule has 2 saturated heterocycles. The molecule has 0 saturated carbocycles. The van der Waals surface area contributed by atoms with Crippen molar-refractivity contribution in [2.45, 2.75) is 19.9 Å². The molecule has 2 aliphatic rings. The van der Waals surface area contributed by atoms with Crippen LogP contribution in [-0.2, 0) is 0 Å². The zero-order chi connectivity index (χ0) is 15.0. The first-order valence-corrected chi connectivity index (χ1v) is 7.46. The van der Waals surface area contributed by atoms with Gasteiger partial charge in [-0.2, -0.15) is 0 Å². The van der Waals surface area contributed by atoms with Crippen molar-refractivity contribution in [2.24, 2.45) is 0 Å². The fourth-order valence-electron chi connectivity index (χ4n) is 3.14. The Bertz CT molecular complexity index is 510.